The number of nitrogens with zero attached hydrogens (tertiary/aromatic N) is 3. The Balaban J connectivity index is 1.62. The van der Waals surface area contributed by atoms with Crippen LogP contribution in [-0.2, 0) is 16.1 Å². The highest BCUT2D eigenvalue weighted by molar-refractivity contribution is 8.00. The van der Waals surface area contributed by atoms with Crippen LogP contribution in [0.3, 0.4) is 0 Å². The van der Waals surface area contributed by atoms with Gasteiger partial charge in [0.2, 0.25) is 11.8 Å². The molecule has 0 bridgehead atoms. The molecule has 0 unspecified atom stereocenters. The first-order chi connectivity index (χ1) is 11.1. The molecular weight excluding hydrogens is 312 g/mol. The monoisotopic (exact) mass is 330 g/mol. The Kier molecular flexibility index (Phi) is 4.66. The molecule has 3 rings (SSSR count). The number of aromatic nitrogens is 2. The second-order valence-corrected chi connectivity index (χ2v) is 6.45. The molecule has 1 N–H and O–H groups in total. The minimum atomic E-state index is -0.167. The van der Waals surface area contributed by atoms with Gasteiger partial charge in [0.15, 0.2) is 0 Å². The van der Waals surface area contributed by atoms with Gasteiger partial charge in [-0.05, 0) is 25.1 Å². The van der Waals surface area contributed by atoms with Crippen molar-refractivity contribution in [3.05, 3.63) is 42.7 Å². The number of anilines is 1. The number of benzene rings is 1. The molecule has 0 saturated carbocycles. The summed E-state index contributed by atoms with van der Waals surface area (Å²) in [5, 5.41) is 7.04. The second-order valence-electron chi connectivity index (χ2n) is 5.43. The molecule has 1 aromatic carbocycles. The number of hydrogen-bond acceptors (Lipinski definition) is 4. The van der Waals surface area contributed by atoms with Crippen molar-refractivity contribution >= 4 is 29.3 Å². The molecule has 0 saturated heterocycles. The Hall–Kier alpha value is -2.28. The van der Waals surface area contributed by atoms with Gasteiger partial charge in [0.05, 0.1) is 18.0 Å². The van der Waals surface area contributed by atoms with E-state index in [0.717, 1.165) is 10.6 Å². The molecule has 7 heteroatoms. The van der Waals surface area contributed by atoms with Gasteiger partial charge in [0.25, 0.3) is 0 Å². The Morgan fingerprint density at radius 2 is 2.22 bits per heavy atom. The number of fused-ring (bicyclic) bond motifs is 1. The highest BCUT2D eigenvalue weighted by atomic mass is 32.2. The van der Waals surface area contributed by atoms with Crippen molar-refractivity contribution in [1.29, 1.82) is 0 Å². The summed E-state index contributed by atoms with van der Waals surface area (Å²) in [6.07, 6.45) is 3.56. The van der Waals surface area contributed by atoms with Gasteiger partial charge in [0, 0.05) is 23.3 Å². The van der Waals surface area contributed by atoms with Crippen LogP contribution in [0, 0.1) is 0 Å². The van der Waals surface area contributed by atoms with E-state index in [2.05, 4.69) is 10.4 Å². The van der Waals surface area contributed by atoms with Gasteiger partial charge in [-0.15, -0.1) is 11.8 Å². The molecule has 120 valence electrons. The maximum absolute atomic E-state index is 12.3. The molecule has 0 radical (unpaired) electrons. The molecule has 2 amide bonds. The lowest BCUT2D eigenvalue weighted by Gasteiger charge is -2.28. The van der Waals surface area contributed by atoms with Gasteiger partial charge in [0.1, 0.15) is 6.54 Å². The largest absolute Gasteiger partial charge is 0.350 e. The number of rotatable bonds is 5. The zero-order chi connectivity index (χ0) is 16.2. The smallest absolute Gasteiger partial charge is 0.240 e. The van der Waals surface area contributed by atoms with Crippen LogP contribution in [0.5, 0.6) is 0 Å². The van der Waals surface area contributed by atoms with Crippen LogP contribution in [0.2, 0.25) is 0 Å². The van der Waals surface area contributed by atoms with Gasteiger partial charge in [-0.2, -0.15) is 5.10 Å². The summed E-state index contributed by atoms with van der Waals surface area (Å²) in [6.45, 7) is 2.56. The van der Waals surface area contributed by atoms with Crippen molar-refractivity contribution in [2.75, 3.05) is 17.2 Å². The Labute approximate surface area is 138 Å². The third-order valence-corrected chi connectivity index (χ3v) is 4.58. The van der Waals surface area contributed by atoms with Crippen LogP contribution in [0.4, 0.5) is 5.69 Å². The van der Waals surface area contributed by atoms with E-state index in [9.17, 15) is 9.59 Å². The van der Waals surface area contributed by atoms with Crippen LogP contribution in [-0.4, -0.2) is 39.9 Å². The Morgan fingerprint density at radius 1 is 1.39 bits per heavy atom. The quantitative estimate of drug-likeness (QED) is 0.903. The van der Waals surface area contributed by atoms with Gasteiger partial charge >= 0.3 is 0 Å². The lowest BCUT2D eigenvalue weighted by Crippen LogP contribution is -2.46. The van der Waals surface area contributed by atoms with Crippen LogP contribution < -0.4 is 10.2 Å². The maximum atomic E-state index is 12.3. The van der Waals surface area contributed by atoms with Crippen molar-refractivity contribution in [1.82, 2.24) is 15.1 Å². The first-order valence-corrected chi connectivity index (χ1v) is 8.41. The fourth-order valence-electron chi connectivity index (χ4n) is 2.53. The van der Waals surface area contributed by atoms with Gasteiger partial charge < -0.3 is 10.2 Å². The SMILES string of the molecule is C[C@H](Cn1cccn1)NC(=O)CN1C(=O)CSc2ccccc21. The lowest BCUT2D eigenvalue weighted by molar-refractivity contribution is -0.123. The van der Waals surface area contributed by atoms with E-state index in [1.165, 1.54) is 11.8 Å². The molecule has 0 aliphatic carbocycles. The van der Waals surface area contributed by atoms with Crippen molar-refractivity contribution in [2.45, 2.75) is 24.4 Å². The third-order valence-electron chi connectivity index (χ3n) is 3.54. The molecule has 1 aliphatic rings. The topological polar surface area (TPSA) is 67.2 Å². The van der Waals surface area contributed by atoms with Crippen LogP contribution in [0.15, 0.2) is 47.6 Å². The molecule has 2 heterocycles. The summed E-state index contributed by atoms with van der Waals surface area (Å²) in [4.78, 5) is 27.0. The highest BCUT2D eigenvalue weighted by Gasteiger charge is 2.26. The molecule has 1 aliphatic heterocycles. The molecule has 1 atom stereocenters. The molecule has 1 aromatic heterocycles. The Bertz CT molecular complexity index is 702. The van der Waals surface area contributed by atoms with Gasteiger partial charge in [-0.25, -0.2) is 0 Å². The second kappa shape index (κ2) is 6.87. The Morgan fingerprint density at radius 3 is 3.00 bits per heavy atom. The number of hydrogen-bond donors (Lipinski definition) is 1. The number of thioether (sulfide) groups is 1. The van der Waals surface area contributed by atoms with Gasteiger partial charge in [-0.1, -0.05) is 12.1 Å². The molecule has 0 spiro atoms. The summed E-state index contributed by atoms with van der Waals surface area (Å²) >= 11 is 1.51. The van der Waals surface area contributed by atoms with Crippen molar-refractivity contribution in [2.24, 2.45) is 0 Å². The third kappa shape index (κ3) is 3.73. The van der Waals surface area contributed by atoms with E-state index in [1.807, 2.05) is 43.5 Å². The predicted octanol–water partition coefficient (Wildman–Crippen LogP) is 1.53. The summed E-state index contributed by atoms with van der Waals surface area (Å²) in [5.74, 6) is 0.163. The molecular formula is C16H18N4O2S. The fraction of sp³-hybridized carbons (Fsp3) is 0.312. The molecule has 0 fully saturated rings. The van der Waals surface area contributed by atoms with Crippen LogP contribution in [0.25, 0.3) is 0 Å². The van der Waals surface area contributed by atoms with Crippen molar-refractivity contribution < 1.29 is 9.59 Å². The minimum absolute atomic E-state index is 0.0384. The average Bonchev–Trinajstić information content (AvgIpc) is 3.03. The van der Waals surface area contributed by atoms with Crippen LogP contribution >= 0.6 is 11.8 Å². The number of carbonyl (C=O) groups is 2. The average molecular weight is 330 g/mol. The standard InChI is InChI=1S/C16H18N4O2S/c1-12(9-19-8-4-7-17-19)18-15(21)10-20-13-5-2-3-6-14(13)23-11-16(20)22/h2-8,12H,9-11H2,1H3,(H,18,21)/t12-/m1/s1. The first-order valence-electron chi connectivity index (χ1n) is 7.42. The molecule has 23 heavy (non-hydrogen) atoms. The molecule has 6 nitrogen and oxygen atoms in total. The normalized spacial score (nSPS) is 15.2. The minimum Gasteiger partial charge on any atom is -0.350 e. The number of amides is 2. The zero-order valence-corrected chi connectivity index (χ0v) is 13.6. The number of para-hydroxylation sites is 1. The summed E-state index contributed by atoms with van der Waals surface area (Å²) in [5.41, 5.74) is 0.809. The maximum Gasteiger partial charge on any atom is 0.240 e. The first kappa shape index (κ1) is 15.6. The van der Waals surface area contributed by atoms with E-state index in [0.29, 0.717) is 12.3 Å². The van der Waals surface area contributed by atoms with Crippen molar-refractivity contribution in [3.63, 3.8) is 0 Å². The molecule has 2 aromatic rings. The van der Waals surface area contributed by atoms with Gasteiger partial charge in [-0.3, -0.25) is 14.3 Å². The van der Waals surface area contributed by atoms with E-state index < -0.39 is 0 Å². The summed E-state index contributed by atoms with van der Waals surface area (Å²) in [7, 11) is 0. The summed E-state index contributed by atoms with van der Waals surface area (Å²) < 4.78 is 1.77. The van der Waals surface area contributed by atoms with Crippen LogP contribution in [0.1, 0.15) is 6.92 Å². The highest BCUT2D eigenvalue weighted by Crippen LogP contribution is 2.34. The van der Waals surface area contributed by atoms with E-state index in [-0.39, 0.29) is 24.4 Å². The number of carbonyl (C=O) groups excluding carboxylic acids is 2. The predicted molar refractivity (Wildman–Crippen MR) is 89.4 cm³/mol. The van der Waals surface area contributed by atoms with E-state index in [1.54, 1.807) is 15.8 Å². The summed E-state index contributed by atoms with van der Waals surface area (Å²) in [6, 6.07) is 9.44. The van der Waals surface area contributed by atoms with Crippen molar-refractivity contribution in [3.8, 4) is 0 Å². The fourth-order valence-corrected chi connectivity index (χ4v) is 3.46. The number of nitrogens with one attached hydrogen (secondary N) is 1. The van der Waals surface area contributed by atoms with E-state index >= 15 is 0 Å². The lowest BCUT2D eigenvalue weighted by atomic mass is 10.2. The zero-order valence-electron chi connectivity index (χ0n) is 12.8. The van der Waals surface area contributed by atoms with E-state index in [4.69, 9.17) is 0 Å².